The molecular formula is C24H28N4O3. The Labute approximate surface area is 182 Å². The van der Waals surface area contributed by atoms with Gasteiger partial charge in [0.1, 0.15) is 17.0 Å². The third-order valence-electron chi connectivity index (χ3n) is 5.15. The fraction of sp³-hybridized carbons (Fsp3) is 0.292. The zero-order valence-electron chi connectivity index (χ0n) is 18.1. The zero-order valence-corrected chi connectivity index (χ0v) is 18.1. The van der Waals surface area contributed by atoms with E-state index in [4.69, 9.17) is 4.52 Å². The maximum Gasteiger partial charge on any atom is 0.261 e. The molecule has 0 aliphatic carbocycles. The first-order valence-electron chi connectivity index (χ1n) is 10.5. The number of aryl methyl sites for hydroxylation is 1. The highest BCUT2D eigenvalue weighted by Crippen LogP contribution is 2.26. The van der Waals surface area contributed by atoms with E-state index in [0.29, 0.717) is 34.8 Å². The van der Waals surface area contributed by atoms with Gasteiger partial charge in [-0.3, -0.25) is 9.59 Å². The van der Waals surface area contributed by atoms with E-state index in [2.05, 4.69) is 34.5 Å². The van der Waals surface area contributed by atoms with Crippen LogP contribution in [0.4, 0.5) is 5.69 Å². The summed E-state index contributed by atoms with van der Waals surface area (Å²) in [6, 6.07) is 16.2. The molecule has 2 amide bonds. The molecule has 3 rings (SSSR count). The number of nitrogens with one attached hydrogen (secondary N) is 2. The van der Waals surface area contributed by atoms with Crippen molar-refractivity contribution in [2.75, 3.05) is 31.5 Å². The number of amides is 2. The number of aromatic nitrogens is 1. The Kier molecular flexibility index (Phi) is 7.56. The number of rotatable bonds is 9. The van der Waals surface area contributed by atoms with Crippen LogP contribution in [0.15, 0.2) is 59.1 Å². The number of hydrogen-bond acceptors (Lipinski definition) is 5. The highest BCUT2D eigenvalue weighted by molar-refractivity contribution is 6.09. The van der Waals surface area contributed by atoms with Crippen molar-refractivity contribution < 1.29 is 14.1 Å². The quantitative estimate of drug-likeness (QED) is 0.547. The third-order valence-corrected chi connectivity index (χ3v) is 5.15. The highest BCUT2D eigenvalue weighted by atomic mass is 16.5. The van der Waals surface area contributed by atoms with Gasteiger partial charge in [0.25, 0.3) is 11.8 Å². The van der Waals surface area contributed by atoms with Gasteiger partial charge in [-0.05, 0) is 44.3 Å². The Morgan fingerprint density at radius 2 is 1.65 bits per heavy atom. The molecule has 0 aliphatic rings. The van der Waals surface area contributed by atoms with E-state index in [0.717, 1.165) is 25.2 Å². The van der Waals surface area contributed by atoms with Gasteiger partial charge in [-0.25, -0.2) is 0 Å². The maximum atomic E-state index is 12.9. The molecule has 0 saturated heterocycles. The summed E-state index contributed by atoms with van der Waals surface area (Å²) in [5.74, 6) is 0.000793. The maximum absolute atomic E-state index is 12.9. The van der Waals surface area contributed by atoms with Crippen molar-refractivity contribution in [2.24, 2.45) is 0 Å². The first-order chi connectivity index (χ1) is 15.0. The fourth-order valence-corrected chi connectivity index (χ4v) is 3.30. The van der Waals surface area contributed by atoms with Crippen molar-refractivity contribution in [1.29, 1.82) is 0 Å². The zero-order chi connectivity index (χ0) is 22.2. The van der Waals surface area contributed by atoms with Crippen molar-refractivity contribution in [3.63, 3.8) is 0 Å². The van der Waals surface area contributed by atoms with Gasteiger partial charge in [-0.15, -0.1) is 0 Å². The van der Waals surface area contributed by atoms with Crippen molar-refractivity contribution in [2.45, 2.75) is 20.8 Å². The lowest BCUT2D eigenvalue weighted by molar-refractivity contribution is 0.0948. The monoisotopic (exact) mass is 420 g/mol. The van der Waals surface area contributed by atoms with Crippen molar-refractivity contribution >= 4 is 17.5 Å². The molecule has 0 saturated carbocycles. The molecular weight excluding hydrogens is 392 g/mol. The molecule has 0 aliphatic heterocycles. The molecule has 0 spiro atoms. The van der Waals surface area contributed by atoms with Crippen LogP contribution in [0.5, 0.6) is 0 Å². The third kappa shape index (κ3) is 5.58. The molecule has 0 radical (unpaired) electrons. The lowest BCUT2D eigenvalue weighted by Gasteiger charge is -2.18. The van der Waals surface area contributed by atoms with E-state index in [1.807, 2.05) is 30.3 Å². The van der Waals surface area contributed by atoms with Crippen molar-refractivity contribution in [3.05, 3.63) is 71.5 Å². The summed E-state index contributed by atoms with van der Waals surface area (Å²) < 4.78 is 5.26. The number of carbonyl (C=O) groups is 2. The van der Waals surface area contributed by atoms with Gasteiger partial charge >= 0.3 is 0 Å². The molecule has 7 heteroatoms. The van der Waals surface area contributed by atoms with Gasteiger partial charge in [0.15, 0.2) is 0 Å². The van der Waals surface area contributed by atoms with Crippen LogP contribution in [0.3, 0.4) is 0 Å². The van der Waals surface area contributed by atoms with E-state index in [1.165, 1.54) is 0 Å². The largest absolute Gasteiger partial charge is 0.360 e. The van der Waals surface area contributed by atoms with Crippen LogP contribution in [-0.4, -0.2) is 48.0 Å². The normalized spacial score (nSPS) is 10.8. The summed E-state index contributed by atoms with van der Waals surface area (Å²) in [4.78, 5) is 27.5. The van der Waals surface area contributed by atoms with Crippen LogP contribution in [-0.2, 0) is 0 Å². The highest BCUT2D eigenvalue weighted by Gasteiger charge is 2.21. The minimum absolute atomic E-state index is 0.133. The summed E-state index contributed by atoms with van der Waals surface area (Å²) in [5.41, 5.74) is 2.83. The Hall–Kier alpha value is -3.45. The smallest absolute Gasteiger partial charge is 0.261 e. The molecule has 1 heterocycles. The van der Waals surface area contributed by atoms with Gasteiger partial charge < -0.3 is 20.1 Å². The topological polar surface area (TPSA) is 87.5 Å². The van der Waals surface area contributed by atoms with E-state index in [1.54, 1.807) is 31.2 Å². The molecule has 0 atom stereocenters. The van der Waals surface area contributed by atoms with Crippen molar-refractivity contribution in [1.82, 2.24) is 15.4 Å². The van der Waals surface area contributed by atoms with Gasteiger partial charge in [-0.2, -0.15) is 0 Å². The number of anilines is 1. The molecule has 0 fully saturated rings. The Balaban J connectivity index is 1.64. The fourth-order valence-electron chi connectivity index (χ4n) is 3.30. The predicted octanol–water partition coefficient (Wildman–Crippen LogP) is 3.97. The van der Waals surface area contributed by atoms with Crippen molar-refractivity contribution in [3.8, 4) is 11.3 Å². The number of benzene rings is 2. The van der Waals surface area contributed by atoms with Gasteiger partial charge in [0.05, 0.1) is 0 Å². The van der Waals surface area contributed by atoms with Crippen LogP contribution >= 0.6 is 0 Å². The SMILES string of the molecule is CCN(CC)CCNC(=O)c1ccc(NC(=O)c2c(-c3ccccc3)noc2C)cc1. The number of hydrogen-bond donors (Lipinski definition) is 2. The first-order valence-corrected chi connectivity index (χ1v) is 10.5. The number of carbonyl (C=O) groups excluding carboxylic acids is 2. The second-order valence-electron chi connectivity index (χ2n) is 7.14. The van der Waals surface area contributed by atoms with Crippen LogP contribution in [0.2, 0.25) is 0 Å². The van der Waals surface area contributed by atoms with Crippen LogP contribution in [0, 0.1) is 6.92 Å². The second-order valence-corrected chi connectivity index (χ2v) is 7.14. The summed E-state index contributed by atoms with van der Waals surface area (Å²) in [6.07, 6.45) is 0. The van der Waals surface area contributed by atoms with E-state index in [-0.39, 0.29) is 11.8 Å². The molecule has 7 nitrogen and oxygen atoms in total. The average molecular weight is 421 g/mol. The van der Waals surface area contributed by atoms with Gasteiger partial charge in [0, 0.05) is 29.9 Å². The lowest BCUT2D eigenvalue weighted by Crippen LogP contribution is -2.34. The number of likely N-dealkylation sites (N-methyl/N-ethyl adjacent to an activating group) is 1. The number of nitrogens with zero attached hydrogens (tertiary/aromatic N) is 2. The molecule has 3 aromatic rings. The minimum Gasteiger partial charge on any atom is -0.360 e. The van der Waals surface area contributed by atoms with Gasteiger partial charge in [-0.1, -0.05) is 49.3 Å². The molecule has 162 valence electrons. The first kappa shape index (κ1) is 22.2. The molecule has 0 unspecified atom stereocenters. The van der Waals surface area contributed by atoms with Crippen LogP contribution in [0.25, 0.3) is 11.3 Å². The molecule has 1 aromatic heterocycles. The Morgan fingerprint density at radius 3 is 2.29 bits per heavy atom. The summed E-state index contributed by atoms with van der Waals surface area (Å²) in [5, 5.41) is 9.83. The Morgan fingerprint density at radius 1 is 0.968 bits per heavy atom. The standard InChI is InChI=1S/C24H28N4O3/c1-4-28(5-2)16-15-25-23(29)19-11-13-20(14-12-19)26-24(30)21-17(3)31-27-22(21)18-9-7-6-8-10-18/h6-14H,4-5,15-16H2,1-3H3,(H,25,29)(H,26,30). The lowest BCUT2D eigenvalue weighted by atomic mass is 10.1. The van der Waals surface area contributed by atoms with E-state index >= 15 is 0 Å². The summed E-state index contributed by atoms with van der Waals surface area (Å²) >= 11 is 0. The Bertz CT molecular complexity index is 1010. The van der Waals surface area contributed by atoms with E-state index in [9.17, 15) is 9.59 Å². The minimum atomic E-state index is -0.311. The summed E-state index contributed by atoms with van der Waals surface area (Å²) in [6.45, 7) is 9.23. The van der Waals surface area contributed by atoms with Crippen LogP contribution in [0.1, 0.15) is 40.3 Å². The molecule has 0 bridgehead atoms. The average Bonchev–Trinajstić information content (AvgIpc) is 3.19. The molecule has 2 aromatic carbocycles. The summed E-state index contributed by atoms with van der Waals surface area (Å²) in [7, 11) is 0. The van der Waals surface area contributed by atoms with Crippen LogP contribution < -0.4 is 10.6 Å². The molecule has 2 N–H and O–H groups in total. The van der Waals surface area contributed by atoms with E-state index < -0.39 is 0 Å². The second kappa shape index (κ2) is 10.5. The molecule has 31 heavy (non-hydrogen) atoms. The predicted molar refractivity (Wildman–Crippen MR) is 121 cm³/mol. The van der Waals surface area contributed by atoms with Gasteiger partial charge in [0.2, 0.25) is 0 Å².